The van der Waals surface area contributed by atoms with E-state index in [9.17, 15) is 0 Å². The van der Waals surface area contributed by atoms with Gasteiger partial charge in [0.2, 0.25) is 0 Å². The zero-order chi connectivity index (χ0) is 38.8. The maximum absolute atomic E-state index is 7.01. The van der Waals surface area contributed by atoms with Gasteiger partial charge in [-0.25, -0.2) is 15.0 Å². The van der Waals surface area contributed by atoms with Gasteiger partial charge in [-0.1, -0.05) is 176 Å². The maximum Gasteiger partial charge on any atom is 0.164 e. The molecular formula is C53H35N3OS. The van der Waals surface area contributed by atoms with E-state index >= 15 is 0 Å². The van der Waals surface area contributed by atoms with Crippen LogP contribution in [0.3, 0.4) is 0 Å². The number of fused-ring (bicyclic) bond motifs is 11. The van der Waals surface area contributed by atoms with E-state index in [1.807, 2.05) is 36.4 Å². The summed E-state index contributed by atoms with van der Waals surface area (Å²) in [6.45, 7) is 6.11. The third-order valence-electron chi connectivity index (χ3n) is 11.5. The molecule has 0 amide bonds. The second-order valence-electron chi connectivity index (χ2n) is 14.7. The summed E-state index contributed by atoms with van der Waals surface area (Å²) in [5.74, 6) is 3.64. The van der Waals surface area contributed by atoms with Gasteiger partial charge >= 0.3 is 0 Å². The number of benzene rings is 7. The number of hydrogen-bond acceptors (Lipinski definition) is 5. The summed E-state index contributed by atoms with van der Waals surface area (Å²) in [6, 6.07) is 57.7. The number of ether oxygens (including phenoxy) is 1. The number of nitrogens with zero attached hydrogens (tertiary/aromatic N) is 3. The van der Waals surface area contributed by atoms with Gasteiger partial charge in [0, 0.05) is 43.3 Å². The minimum atomic E-state index is -0.570. The Morgan fingerprint density at radius 3 is 1.86 bits per heavy atom. The Kier molecular flexibility index (Phi) is 7.92. The molecule has 274 valence electrons. The molecule has 1 aliphatic heterocycles. The standard InChI is InChI=1S/C53H35N3OS/c1-3-4-26-42-33(2)57-48-45(53(42)43-27-13-11-23-38(43)39-24-12-14-28-44(39)53)31-30-40-47-41(25-16-29-46(47)58-49(40)48)52-55-50(35-19-9-6-10-20-35)54-51(56-52)37-22-15-21-36(32-37)34-17-7-5-8-18-34/h3-32H,1H2,2H3/b26-4-. The molecule has 5 heteroatoms. The monoisotopic (exact) mass is 761 g/mol. The van der Waals surface area contributed by atoms with Crippen molar-refractivity contribution in [1.29, 1.82) is 0 Å². The van der Waals surface area contributed by atoms with Crippen molar-refractivity contribution in [1.82, 2.24) is 15.0 Å². The highest BCUT2D eigenvalue weighted by molar-refractivity contribution is 7.26. The SMILES string of the molecule is C=C/C=C\C1=C(C)Oc2c(ccc3c2sc2cccc(-c4nc(-c5ccccc5)nc(-c5cccc(-c6ccccc6)c5)n4)c23)C12c1ccccc1-c1ccccc12. The summed E-state index contributed by atoms with van der Waals surface area (Å²) in [4.78, 5) is 15.5. The third kappa shape index (κ3) is 5.10. The lowest BCUT2D eigenvalue weighted by Gasteiger charge is -2.40. The summed E-state index contributed by atoms with van der Waals surface area (Å²) < 4.78 is 9.25. The number of hydrogen-bond donors (Lipinski definition) is 0. The zero-order valence-electron chi connectivity index (χ0n) is 31.7. The summed E-state index contributed by atoms with van der Waals surface area (Å²) in [7, 11) is 0. The van der Waals surface area contributed by atoms with E-state index < -0.39 is 5.41 Å². The Hall–Kier alpha value is -7.21. The fourth-order valence-corrected chi connectivity index (χ4v) is 10.3. The lowest BCUT2D eigenvalue weighted by atomic mass is 9.65. The van der Waals surface area contributed by atoms with Gasteiger partial charge in [-0.05, 0) is 52.4 Å². The lowest BCUT2D eigenvalue weighted by Crippen LogP contribution is -2.33. The van der Waals surface area contributed by atoms with Crippen LogP contribution in [-0.4, -0.2) is 15.0 Å². The van der Waals surface area contributed by atoms with E-state index in [0.717, 1.165) is 70.6 Å². The topological polar surface area (TPSA) is 47.9 Å². The molecule has 0 unspecified atom stereocenters. The first-order chi connectivity index (χ1) is 28.6. The van der Waals surface area contributed by atoms with Crippen LogP contribution in [-0.2, 0) is 5.41 Å². The van der Waals surface area contributed by atoms with Crippen molar-refractivity contribution >= 4 is 31.5 Å². The zero-order valence-corrected chi connectivity index (χ0v) is 32.5. The molecule has 58 heavy (non-hydrogen) atoms. The van der Waals surface area contributed by atoms with Crippen molar-refractivity contribution < 1.29 is 4.74 Å². The van der Waals surface area contributed by atoms with Crippen LogP contribution in [0.2, 0.25) is 0 Å². The van der Waals surface area contributed by atoms with Crippen LogP contribution in [0.15, 0.2) is 200 Å². The maximum atomic E-state index is 7.01. The van der Waals surface area contributed by atoms with Crippen molar-refractivity contribution in [3.63, 3.8) is 0 Å². The molecule has 2 aliphatic rings. The predicted molar refractivity (Wildman–Crippen MR) is 239 cm³/mol. The molecule has 3 heterocycles. The first kappa shape index (κ1) is 34.1. The second kappa shape index (κ2) is 13.5. The van der Waals surface area contributed by atoms with Gasteiger partial charge < -0.3 is 4.74 Å². The number of allylic oxidation sites excluding steroid dienone is 5. The minimum absolute atomic E-state index is 0.570. The molecule has 4 nitrogen and oxygen atoms in total. The van der Waals surface area contributed by atoms with E-state index in [1.54, 1.807) is 11.3 Å². The molecule has 11 rings (SSSR count). The highest BCUT2D eigenvalue weighted by atomic mass is 32.1. The summed E-state index contributed by atoms with van der Waals surface area (Å²) >= 11 is 1.76. The fraction of sp³-hybridized carbons (Fsp3) is 0.0377. The molecular weight excluding hydrogens is 727 g/mol. The third-order valence-corrected chi connectivity index (χ3v) is 12.7. The molecule has 0 bridgehead atoms. The van der Waals surface area contributed by atoms with E-state index in [-0.39, 0.29) is 0 Å². The molecule has 0 saturated heterocycles. The first-order valence-corrected chi connectivity index (χ1v) is 20.3. The number of thiophene rings is 1. The summed E-state index contributed by atoms with van der Waals surface area (Å²) in [6.07, 6.45) is 6.03. The van der Waals surface area contributed by atoms with E-state index in [1.165, 1.54) is 22.3 Å². The minimum Gasteiger partial charge on any atom is -0.460 e. The number of aromatic nitrogens is 3. The largest absolute Gasteiger partial charge is 0.460 e. The molecule has 0 atom stereocenters. The van der Waals surface area contributed by atoms with Crippen LogP contribution in [0.25, 0.3) is 76.6 Å². The molecule has 0 N–H and O–H groups in total. The highest BCUT2D eigenvalue weighted by Gasteiger charge is 2.51. The van der Waals surface area contributed by atoms with Crippen molar-refractivity contribution in [2.75, 3.05) is 0 Å². The van der Waals surface area contributed by atoms with Crippen molar-refractivity contribution in [2.45, 2.75) is 12.3 Å². The van der Waals surface area contributed by atoms with Crippen LogP contribution in [0.4, 0.5) is 0 Å². The van der Waals surface area contributed by atoms with Gasteiger partial charge in [0.05, 0.1) is 10.1 Å². The number of rotatable bonds is 6. The highest BCUT2D eigenvalue weighted by Crippen LogP contribution is 2.62. The van der Waals surface area contributed by atoms with Crippen molar-refractivity contribution in [2.24, 2.45) is 0 Å². The summed E-state index contributed by atoms with van der Waals surface area (Å²) in [5, 5.41) is 2.21. The molecule has 0 fully saturated rings. The lowest BCUT2D eigenvalue weighted by molar-refractivity contribution is 0.393. The fourth-order valence-electron chi connectivity index (χ4n) is 9.10. The Balaban J connectivity index is 1.15. The van der Waals surface area contributed by atoms with E-state index in [4.69, 9.17) is 19.7 Å². The molecule has 9 aromatic rings. The van der Waals surface area contributed by atoms with Crippen LogP contribution >= 0.6 is 11.3 Å². The van der Waals surface area contributed by atoms with E-state index in [0.29, 0.717) is 17.5 Å². The van der Waals surface area contributed by atoms with Crippen LogP contribution in [0.1, 0.15) is 23.6 Å². The molecule has 7 aromatic carbocycles. The molecule has 1 spiro atoms. The van der Waals surface area contributed by atoms with Crippen molar-refractivity contribution in [3.05, 3.63) is 217 Å². The molecule has 2 aromatic heterocycles. The van der Waals surface area contributed by atoms with Gasteiger partial charge in [-0.2, -0.15) is 0 Å². The normalized spacial score (nSPS) is 13.8. The smallest absolute Gasteiger partial charge is 0.164 e. The van der Waals surface area contributed by atoms with Gasteiger partial charge in [0.1, 0.15) is 11.5 Å². The Labute approximate surface area is 340 Å². The molecule has 0 radical (unpaired) electrons. The van der Waals surface area contributed by atoms with Crippen LogP contribution < -0.4 is 4.74 Å². The average molecular weight is 762 g/mol. The van der Waals surface area contributed by atoms with Gasteiger partial charge in [-0.3, -0.25) is 0 Å². The molecule has 1 aliphatic carbocycles. The second-order valence-corrected chi connectivity index (χ2v) is 15.8. The molecule has 0 saturated carbocycles. The predicted octanol–water partition coefficient (Wildman–Crippen LogP) is 13.6. The van der Waals surface area contributed by atoms with Crippen molar-refractivity contribution in [3.8, 4) is 62.2 Å². The Bertz CT molecular complexity index is 3130. The van der Waals surface area contributed by atoms with Gasteiger partial charge in [0.25, 0.3) is 0 Å². The van der Waals surface area contributed by atoms with Gasteiger partial charge in [0.15, 0.2) is 17.5 Å². The Morgan fingerprint density at radius 2 is 1.14 bits per heavy atom. The van der Waals surface area contributed by atoms with Gasteiger partial charge in [-0.15, -0.1) is 11.3 Å². The Morgan fingerprint density at radius 1 is 0.552 bits per heavy atom. The van der Waals surface area contributed by atoms with E-state index in [2.05, 4.69) is 159 Å². The van der Waals surface area contributed by atoms with Crippen LogP contribution in [0, 0.1) is 0 Å². The van der Waals surface area contributed by atoms with Crippen LogP contribution in [0.5, 0.6) is 5.75 Å². The first-order valence-electron chi connectivity index (χ1n) is 19.5. The quantitative estimate of drug-likeness (QED) is 0.158. The summed E-state index contributed by atoms with van der Waals surface area (Å²) in [5.41, 5.74) is 11.7. The average Bonchev–Trinajstić information content (AvgIpc) is 3.81.